The van der Waals surface area contributed by atoms with Crippen LogP contribution < -0.4 is 68.9 Å². The van der Waals surface area contributed by atoms with Crippen molar-refractivity contribution in [1.29, 1.82) is 0 Å². The first kappa shape index (κ1) is 15.7. The fourth-order valence-electron chi connectivity index (χ4n) is 0. The summed E-state index contributed by atoms with van der Waals surface area (Å²) in [5, 5.41) is 14.8. The molecule has 0 saturated carbocycles. The Bertz CT molecular complexity index is 33.8. The van der Waals surface area contributed by atoms with E-state index in [2.05, 4.69) is 0 Å². The van der Waals surface area contributed by atoms with Gasteiger partial charge in [-0.3, -0.25) is 0 Å². The number of nitrogens with zero attached hydrogens (tertiary/aromatic N) is 1. The van der Waals surface area contributed by atoms with Crippen molar-refractivity contribution in [3.8, 4) is 0 Å². The van der Waals surface area contributed by atoms with Crippen LogP contribution in [0.4, 0.5) is 0 Å². The van der Waals surface area contributed by atoms with E-state index >= 15 is 0 Å². The molecule has 0 spiro atoms. The van der Waals surface area contributed by atoms with Gasteiger partial charge < -0.3 is 15.3 Å². The smallest absolute Gasteiger partial charge is 0.356 e. The molecule has 6 heteroatoms. The molecule has 0 aromatic heterocycles. The minimum atomic E-state index is -1.75. The molecule has 0 aromatic rings. The maximum Gasteiger partial charge on any atom is 1.00 e. The molecule has 0 amide bonds. The van der Waals surface area contributed by atoms with Gasteiger partial charge in [-0.1, -0.05) is 0 Å². The van der Waals surface area contributed by atoms with E-state index in [0.717, 1.165) is 0 Å². The molecule has 0 rings (SSSR count). The van der Waals surface area contributed by atoms with Crippen LogP contribution in [0.5, 0.6) is 0 Å². The van der Waals surface area contributed by atoms with Gasteiger partial charge in [0.15, 0.2) is 17.4 Å². The molecule has 0 fully saturated rings. The number of hydrogen-bond donors (Lipinski definition) is 0. The van der Waals surface area contributed by atoms with Crippen LogP contribution in [-0.4, -0.2) is 22.4 Å². The molecule has 0 atom stereocenters. The van der Waals surface area contributed by atoms with E-state index < -0.39 is 5.09 Å². The summed E-state index contributed by atoms with van der Waals surface area (Å²) in [7, 11) is 0. The summed E-state index contributed by atoms with van der Waals surface area (Å²) in [6.07, 6.45) is 0. The van der Waals surface area contributed by atoms with Crippen molar-refractivity contribution in [2.75, 3.05) is 0 Å². The third-order valence-corrected chi connectivity index (χ3v) is 0. The topological polar surface area (TPSA) is 66.2 Å². The Balaban J connectivity index is -0.0000000450. The largest absolute Gasteiger partial charge is 1.00 e. The quantitative estimate of drug-likeness (QED) is 0.237. The van der Waals surface area contributed by atoms with E-state index in [0.29, 0.717) is 0 Å². The molecule has 30 valence electrons. The third kappa shape index (κ3) is 41.6. The van der Waals surface area contributed by atoms with Gasteiger partial charge in [0.2, 0.25) is 0 Å². The maximum atomic E-state index is 8.25. The first-order valence-electron chi connectivity index (χ1n) is 0.548. The second-order valence-electron chi connectivity index (χ2n) is 0.224. The van der Waals surface area contributed by atoms with Gasteiger partial charge in [-0.15, -0.1) is 0 Å². The Hall–Kier alpha value is 1.78. The zero-order valence-electron chi connectivity index (χ0n) is 2.67. The van der Waals surface area contributed by atoms with E-state index in [4.69, 9.17) is 15.3 Å². The van der Waals surface area contributed by atoms with Gasteiger partial charge in [0, 0.05) is 0 Å². The average Bonchev–Trinajstić information content (AvgIpc) is 0.811. The molecule has 0 heterocycles. The molecule has 0 aliphatic rings. The Morgan fingerprint density at radius 3 is 1.33 bits per heavy atom. The van der Waals surface area contributed by atoms with E-state index in [1.54, 1.807) is 0 Å². The monoisotopic (exact) mass is 225 g/mol. The van der Waals surface area contributed by atoms with Crippen molar-refractivity contribution in [1.82, 2.24) is 0 Å². The van der Waals surface area contributed by atoms with E-state index in [1.165, 1.54) is 0 Å². The van der Waals surface area contributed by atoms with Crippen molar-refractivity contribution >= 4 is 17.4 Å². The SMILES string of the molecule is O=[N+]([O-])[O-].[AlH3].[Cs+]. The van der Waals surface area contributed by atoms with Crippen molar-refractivity contribution in [3.05, 3.63) is 15.3 Å². The van der Waals surface area contributed by atoms with Gasteiger partial charge in [-0.2, -0.15) is 0 Å². The van der Waals surface area contributed by atoms with Gasteiger partial charge >= 0.3 is 68.9 Å². The van der Waals surface area contributed by atoms with Crippen LogP contribution in [0.3, 0.4) is 0 Å². The minimum absolute atomic E-state index is 0. The summed E-state index contributed by atoms with van der Waals surface area (Å²) in [6, 6.07) is 0. The molecule has 0 aromatic carbocycles. The molecule has 0 saturated heterocycles. The first-order valence-corrected chi connectivity index (χ1v) is 0.548. The van der Waals surface area contributed by atoms with Crippen LogP contribution in [0.15, 0.2) is 0 Å². The molecule has 4 nitrogen and oxygen atoms in total. The molecule has 0 N–H and O–H groups in total. The van der Waals surface area contributed by atoms with Crippen LogP contribution in [0.2, 0.25) is 0 Å². The summed E-state index contributed by atoms with van der Waals surface area (Å²) < 4.78 is 0. The zero-order chi connectivity index (χ0) is 3.58. The molecule has 0 radical (unpaired) electrons. The molecule has 0 bridgehead atoms. The average molecular weight is 225 g/mol. The van der Waals surface area contributed by atoms with Crippen molar-refractivity contribution in [2.45, 2.75) is 0 Å². The molecular formula is H3AlCsNO3. The van der Waals surface area contributed by atoms with Crippen LogP contribution in [0.25, 0.3) is 0 Å². The molecule has 0 aliphatic heterocycles. The number of hydrogen-bond acceptors (Lipinski definition) is 3. The van der Waals surface area contributed by atoms with Gasteiger partial charge in [-0.05, 0) is 0 Å². The standard InChI is InChI=1S/Al.Cs.NO3.3H/c;;2-1(3)4;;;/q;+1;-1;;;. The van der Waals surface area contributed by atoms with Gasteiger partial charge in [0.25, 0.3) is 0 Å². The Labute approximate surface area is 104 Å². The Morgan fingerprint density at radius 2 is 1.33 bits per heavy atom. The predicted molar refractivity (Wildman–Crippen MR) is 20.3 cm³/mol. The number of rotatable bonds is 0. The first-order chi connectivity index (χ1) is 1.73. The maximum absolute atomic E-state index is 8.25. The van der Waals surface area contributed by atoms with E-state index in [1.807, 2.05) is 0 Å². The van der Waals surface area contributed by atoms with Crippen LogP contribution in [0.1, 0.15) is 0 Å². The molecular weight excluding hydrogens is 222 g/mol. The molecule has 0 aliphatic carbocycles. The molecule has 0 unspecified atom stereocenters. The molecule has 6 heavy (non-hydrogen) atoms. The van der Waals surface area contributed by atoms with Gasteiger partial charge in [0.05, 0.1) is 5.09 Å². The van der Waals surface area contributed by atoms with Crippen LogP contribution >= 0.6 is 0 Å². The second-order valence-corrected chi connectivity index (χ2v) is 0.224. The normalized spacial score (nSPS) is 4.00. The zero-order valence-corrected chi connectivity index (χ0v) is 8.95. The Kier molecular flexibility index (Phi) is 25.9. The third-order valence-electron chi connectivity index (χ3n) is 0. The van der Waals surface area contributed by atoms with Crippen molar-refractivity contribution < 1.29 is 74.0 Å². The summed E-state index contributed by atoms with van der Waals surface area (Å²) >= 11 is 0. The predicted octanol–water partition coefficient (Wildman–Crippen LogP) is -4.42. The van der Waals surface area contributed by atoms with Crippen molar-refractivity contribution in [2.24, 2.45) is 0 Å². The van der Waals surface area contributed by atoms with Crippen molar-refractivity contribution in [3.63, 3.8) is 0 Å². The van der Waals surface area contributed by atoms with Gasteiger partial charge in [0.1, 0.15) is 0 Å². The van der Waals surface area contributed by atoms with Crippen LogP contribution in [0, 0.1) is 15.3 Å². The summed E-state index contributed by atoms with van der Waals surface area (Å²) in [6.45, 7) is 0. The second kappa shape index (κ2) is 9.92. The fraction of sp³-hybridized carbons (Fsp3) is 0. The van der Waals surface area contributed by atoms with E-state index in [9.17, 15) is 0 Å². The summed E-state index contributed by atoms with van der Waals surface area (Å²) in [4.78, 5) is 8.25. The minimum Gasteiger partial charge on any atom is -0.356 e. The summed E-state index contributed by atoms with van der Waals surface area (Å²) in [5.41, 5.74) is 0. The van der Waals surface area contributed by atoms with Crippen LogP contribution in [-0.2, 0) is 0 Å². The fourth-order valence-corrected chi connectivity index (χ4v) is 0. The summed E-state index contributed by atoms with van der Waals surface area (Å²) in [5.74, 6) is 0. The van der Waals surface area contributed by atoms with E-state index in [-0.39, 0.29) is 86.3 Å². The Morgan fingerprint density at radius 1 is 1.33 bits per heavy atom. The van der Waals surface area contributed by atoms with Gasteiger partial charge in [-0.25, -0.2) is 0 Å².